The van der Waals surface area contributed by atoms with Crippen molar-refractivity contribution in [3.8, 4) is 11.5 Å². The van der Waals surface area contributed by atoms with Gasteiger partial charge in [0.1, 0.15) is 0 Å². The summed E-state index contributed by atoms with van der Waals surface area (Å²) in [6.07, 6.45) is 3.45. The van der Waals surface area contributed by atoms with E-state index in [2.05, 4.69) is 21.7 Å². The third kappa shape index (κ3) is 2.93. The lowest BCUT2D eigenvalue weighted by Crippen LogP contribution is -2.30. The number of ether oxygens (including phenoxy) is 2. The van der Waals surface area contributed by atoms with E-state index in [4.69, 9.17) is 9.47 Å². The second kappa shape index (κ2) is 6.24. The zero-order valence-electron chi connectivity index (χ0n) is 12.9. The van der Waals surface area contributed by atoms with Crippen molar-refractivity contribution in [3.63, 3.8) is 0 Å². The Labute approximate surface area is 139 Å². The minimum absolute atomic E-state index is 0.247. The maximum atomic E-state index is 12.6. The SMILES string of the molecule is O=C(CCc1ccc2c(c1)OCO2)N1CCC[C@H]1c1ccsc1. The zero-order chi connectivity index (χ0) is 15.6. The minimum Gasteiger partial charge on any atom is -0.454 e. The average Bonchev–Trinajstić information content (AvgIpc) is 3.32. The third-order valence-corrected chi connectivity index (χ3v) is 5.27. The molecule has 4 rings (SSSR count). The first-order valence-electron chi connectivity index (χ1n) is 8.01. The van der Waals surface area contributed by atoms with Gasteiger partial charge in [-0.3, -0.25) is 4.79 Å². The Bertz CT molecular complexity index is 698. The summed E-state index contributed by atoms with van der Waals surface area (Å²) in [5, 5.41) is 4.25. The largest absolute Gasteiger partial charge is 0.454 e. The van der Waals surface area contributed by atoms with Crippen molar-refractivity contribution in [1.82, 2.24) is 4.90 Å². The highest BCUT2D eigenvalue weighted by Crippen LogP contribution is 2.35. The summed E-state index contributed by atoms with van der Waals surface area (Å²) in [6, 6.07) is 8.33. The highest BCUT2D eigenvalue weighted by molar-refractivity contribution is 7.07. The molecule has 2 aliphatic rings. The smallest absolute Gasteiger partial charge is 0.231 e. The molecular formula is C18H19NO3S. The lowest BCUT2D eigenvalue weighted by atomic mass is 10.1. The average molecular weight is 329 g/mol. The fourth-order valence-corrected chi connectivity index (χ4v) is 4.07. The first-order chi connectivity index (χ1) is 11.3. The minimum atomic E-state index is 0.247. The van der Waals surface area contributed by atoms with Crippen molar-refractivity contribution in [3.05, 3.63) is 46.2 Å². The molecule has 0 bridgehead atoms. The van der Waals surface area contributed by atoms with Gasteiger partial charge in [0.15, 0.2) is 11.5 Å². The quantitative estimate of drug-likeness (QED) is 0.857. The maximum Gasteiger partial charge on any atom is 0.231 e. The van der Waals surface area contributed by atoms with Crippen LogP contribution in [0.15, 0.2) is 35.0 Å². The molecule has 4 nitrogen and oxygen atoms in total. The molecule has 0 saturated carbocycles. The summed E-state index contributed by atoms with van der Waals surface area (Å²) >= 11 is 1.70. The molecule has 1 aromatic heterocycles. The molecule has 2 aliphatic heterocycles. The second-order valence-corrected chi connectivity index (χ2v) is 6.77. The molecule has 2 aromatic rings. The Balaban J connectivity index is 1.40. The maximum absolute atomic E-state index is 12.6. The Morgan fingerprint density at radius 2 is 2.17 bits per heavy atom. The van der Waals surface area contributed by atoms with Crippen LogP contribution in [0.3, 0.4) is 0 Å². The number of carbonyl (C=O) groups excluding carboxylic acids is 1. The van der Waals surface area contributed by atoms with Gasteiger partial charge in [0.05, 0.1) is 6.04 Å². The standard InChI is InChI=1S/C18H19NO3S/c20-18(19-8-1-2-15(19)14-7-9-23-11-14)6-4-13-3-5-16-17(10-13)22-12-21-16/h3,5,7,9-11,15H,1-2,4,6,8,12H2/t15-/m0/s1. The van der Waals surface area contributed by atoms with Crippen molar-refractivity contribution in [2.24, 2.45) is 0 Å². The van der Waals surface area contributed by atoms with Crippen LogP contribution in [0.2, 0.25) is 0 Å². The fourth-order valence-electron chi connectivity index (χ4n) is 3.37. The van der Waals surface area contributed by atoms with Crippen LogP contribution in [0.25, 0.3) is 0 Å². The van der Waals surface area contributed by atoms with E-state index in [1.54, 1.807) is 11.3 Å². The van der Waals surface area contributed by atoms with E-state index < -0.39 is 0 Å². The van der Waals surface area contributed by atoms with E-state index in [9.17, 15) is 4.79 Å². The van der Waals surface area contributed by atoms with Gasteiger partial charge in [0, 0.05) is 13.0 Å². The summed E-state index contributed by atoms with van der Waals surface area (Å²) in [4.78, 5) is 14.7. The van der Waals surface area contributed by atoms with E-state index >= 15 is 0 Å². The van der Waals surface area contributed by atoms with Crippen LogP contribution >= 0.6 is 11.3 Å². The zero-order valence-corrected chi connectivity index (χ0v) is 13.7. The molecule has 1 atom stereocenters. The number of hydrogen-bond donors (Lipinski definition) is 0. The number of thiophene rings is 1. The normalized spacial score (nSPS) is 19.3. The first-order valence-corrected chi connectivity index (χ1v) is 8.95. The Morgan fingerprint density at radius 1 is 1.26 bits per heavy atom. The number of amides is 1. The van der Waals surface area contributed by atoms with Crippen LogP contribution in [-0.2, 0) is 11.2 Å². The number of likely N-dealkylation sites (tertiary alicyclic amines) is 1. The van der Waals surface area contributed by atoms with E-state index in [0.29, 0.717) is 6.42 Å². The van der Waals surface area contributed by atoms with E-state index in [0.717, 1.165) is 42.9 Å². The summed E-state index contributed by atoms with van der Waals surface area (Å²) in [6.45, 7) is 1.16. The molecule has 1 saturated heterocycles. The van der Waals surface area contributed by atoms with Gasteiger partial charge >= 0.3 is 0 Å². The summed E-state index contributed by atoms with van der Waals surface area (Å²) in [5.41, 5.74) is 2.40. The number of fused-ring (bicyclic) bond motifs is 1. The van der Waals surface area contributed by atoms with Crippen LogP contribution in [0.4, 0.5) is 0 Å². The number of carbonyl (C=O) groups is 1. The Morgan fingerprint density at radius 3 is 3.04 bits per heavy atom. The molecule has 0 spiro atoms. The van der Waals surface area contributed by atoms with Crippen molar-refractivity contribution in [2.45, 2.75) is 31.7 Å². The molecular weight excluding hydrogens is 310 g/mol. The van der Waals surface area contributed by atoms with E-state index in [-0.39, 0.29) is 18.7 Å². The van der Waals surface area contributed by atoms with Gasteiger partial charge in [-0.1, -0.05) is 6.07 Å². The molecule has 0 unspecified atom stereocenters. The number of nitrogens with zero attached hydrogens (tertiary/aromatic N) is 1. The number of rotatable bonds is 4. The predicted octanol–water partition coefficient (Wildman–Crippen LogP) is 3.77. The third-order valence-electron chi connectivity index (χ3n) is 4.57. The van der Waals surface area contributed by atoms with Crippen molar-refractivity contribution in [2.75, 3.05) is 13.3 Å². The number of aryl methyl sites for hydroxylation is 1. The van der Waals surface area contributed by atoms with Crippen LogP contribution in [0.5, 0.6) is 11.5 Å². The van der Waals surface area contributed by atoms with Crippen molar-refractivity contribution < 1.29 is 14.3 Å². The highest BCUT2D eigenvalue weighted by Gasteiger charge is 2.29. The monoisotopic (exact) mass is 329 g/mol. The van der Waals surface area contributed by atoms with Gasteiger partial charge in [-0.2, -0.15) is 11.3 Å². The van der Waals surface area contributed by atoms with E-state index in [1.165, 1.54) is 5.56 Å². The lowest BCUT2D eigenvalue weighted by molar-refractivity contribution is -0.132. The van der Waals surface area contributed by atoms with Gasteiger partial charge in [-0.05, 0) is 59.3 Å². The van der Waals surface area contributed by atoms with Crippen LogP contribution in [-0.4, -0.2) is 24.1 Å². The summed E-state index contributed by atoms with van der Waals surface area (Å²) in [7, 11) is 0. The molecule has 0 aliphatic carbocycles. The second-order valence-electron chi connectivity index (χ2n) is 5.99. The molecule has 1 fully saturated rings. The fraction of sp³-hybridized carbons (Fsp3) is 0.389. The van der Waals surface area contributed by atoms with E-state index in [1.807, 2.05) is 18.2 Å². The molecule has 5 heteroatoms. The molecule has 0 radical (unpaired) electrons. The number of benzene rings is 1. The Hall–Kier alpha value is -2.01. The molecule has 120 valence electrons. The van der Waals surface area contributed by atoms with Gasteiger partial charge in [0.25, 0.3) is 0 Å². The number of hydrogen-bond acceptors (Lipinski definition) is 4. The van der Waals surface area contributed by atoms with Crippen molar-refractivity contribution >= 4 is 17.2 Å². The highest BCUT2D eigenvalue weighted by atomic mass is 32.1. The van der Waals surface area contributed by atoms with Gasteiger partial charge < -0.3 is 14.4 Å². The molecule has 0 N–H and O–H groups in total. The van der Waals surface area contributed by atoms with Crippen LogP contribution in [0.1, 0.15) is 36.4 Å². The lowest BCUT2D eigenvalue weighted by Gasteiger charge is -2.24. The van der Waals surface area contributed by atoms with Gasteiger partial charge in [-0.25, -0.2) is 0 Å². The Kier molecular flexibility index (Phi) is 3.95. The van der Waals surface area contributed by atoms with Crippen LogP contribution in [0, 0.1) is 0 Å². The molecule has 1 amide bonds. The molecule has 23 heavy (non-hydrogen) atoms. The van der Waals surface area contributed by atoms with Crippen molar-refractivity contribution in [1.29, 1.82) is 0 Å². The molecule has 3 heterocycles. The first kappa shape index (κ1) is 14.6. The van der Waals surface area contributed by atoms with Gasteiger partial charge in [-0.15, -0.1) is 0 Å². The summed E-state index contributed by atoms with van der Waals surface area (Å²) < 4.78 is 10.7. The molecule has 1 aromatic carbocycles. The van der Waals surface area contributed by atoms with Crippen LogP contribution < -0.4 is 9.47 Å². The predicted molar refractivity (Wildman–Crippen MR) is 88.9 cm³/mol. The van der Waals surface area contributed by atoms with Gasteiger partial charge in [0.2, 0.25) is 12.7 Å². The topological polar surface area (TPSA) is 38.8 Å². The summed E-state index contributed by atoms with van der Waals surface area (Å²) in [5.74, 6) is 1.82.